The van der Waals surface area contributed by atoms with Crippen LogP contribution in [0.4, 0.5) is 4.79 Å². The molecule has 118 valence electrons. The lowest BCUT2D eigenvalue weighted by molar-refractivity contribution is -0.130. The summed E-state index contributed by atoms with van der Waals surface area (Å²) < 4.78 is 5.00. The maximum Gasteiger partial charge on any atom is 0.348 e. The molecular weight excluding hydrogens is 316 g/mol. The van der Waals surface area contributed by atoms with Crippen LogP contribution in [0, 0.1) is 0 Å². The fourth-order valence-corrected chi connectivity index (χ4v) is 3.02. The van der Waals surface area contributed by atoms with E-state index in [1.54, 1.807) is 6.07 Å². The van der Waals surface area contributed by atoms with Crippen molar-refractivity contribution in [2.45, 2.75) is 0 Å². The highest BCUT2D eigenvalue weighted by Gasteiger charge is 2.27. The minimum atomic E-state index is -0.565. The Morgan fingerprint density at radius 1 is 1.22 bits per heavy atom. The number of nitrogens with zero attached hydrogens (tertiary/aromatic N) is 1. The van der Waals surface area contributed by atoms with Crippen LogP contribution in [0.3, 0.4) is 0 Å². The molecule has 0 spiro atoms. The van der Waals surface area contributed by atoms with E-state index in [0.29, 0.717) is 18.0 Å². The Hall–Kier alpha value is -2.67. The largest absolute Gasteiger partial charge is 0.451 e. The molecule has 6 nitrogen and oxygen atoms in total. The lowest BCUT2D eigenvalue weighted by atomic mass is 10.1. The molecule has 0 aliphatic carbocycles. The summed E-state index contributed by atoms with van der Waals surface area (Å²) in [7, 11) is 0. The van der Waals surface area contributed by atoms with Gasteiger partial charge in [-0.1, -0.05) is 30.3 Å². The van der Waals surface area contributed by atoms with Crippen LogP contribution >= 0.6 is 11.3 Å². The van der Waals surface area contributed by atoms with Crippen LogP contribution in [0.15, 0.2) is 41.8 Å². The molecule has 2 heterocycles. The molecule has 0 bridgehead atoms. The predicted octanol–water partition coefficient (Wildman–Crippen LogP) is 2.12. The lowest BCUT2D eigenvalue weighted by Crippen LogP contribution is -2.37. The van der Waals surface area contributed by atoms with Crippen molar-refractivity contribution in [3.8, 4) is 11.1 Å². The molecule has 1 N–H and O–H groups in total. The van der Waals surface area contributed by atoms with Gasteiger partial charge < -0.3 is 10.1 Å². The third kappa shape index (κ3) is 3.40. The molecule has 1 aliphatic rings. The fourth-order valence-electron chi connectivity index (χ4n) is 2.21. The molecule has 3 amide bonds. The first-order valence-electron chi connectivity index (χ1n) is 7.04. The number of imide groups is 1. The summed E-state index contributed by atoms with van der Waals surface area (Å²) in [5.41, 5.74) is 1.93. The Balaban J connectivity index is 1.60. The normalized spacial score (nSPS) is 13.7. The third-order valence-corrected chi connectivity index (χ3v) is 4.30. The van der Waals surface area contributed by atoms with E-state index in [1.165, 1.54) is 11.3 Å². The van der Waals surface area contributed by atoms with E-state index in [1.807, 2.05) is 35.7 Å². The number of esters is 1. The molecule has 1 aliphatic heterocycles. The van der Waals surface area contributed by atoms with E-state index in [-0.39, 0.29) is 0 Å². The summed E-state index contributed by atoms with van der Waals surface area (Å²) >= 11 is 1.26. The van der Waals surface area contributed by atoms with Crippen molar-refractivity contribution in [2.24, 2.45) is 0 Å². The minimum absolute atomic E-state index is 0.298. The van der Waals surface area contributed by atoms with Gasteiger partial charge in [0.25, 0.3) is 5.91 Å². The highest BCUT2D eigenvalue weighted by Crippen LogP contribution is 2.25. The summed E-state index contributed by atoms with van der Waals surface area (Å²) in [6.07, 6.45) is 0. The smallest absolute Gasteiger partial charge is 0.348 e. The van der Waals surface area contributed by atoms with E-state index in [2.05, 4.69) is 5.32 Å². The zero-order valence-electron chi connectivity index (χ0n) is 12.2. The number of hydrogen-bond donors (Lipinski definition) is 1. The molecule has 2 aromatic rings. The number of urea groups is 1. The van der Waals surface area contributed by atoms with Gasteiger partial charge >= 0.3 is 12.0 Å². The van der Waals surface area contributed by atoms with Gasteiger partial charge in [-0.25, -0.2) is 9.59 Å². The third-order valence-electron chi connectivity index (χ3n) is 3.39. The minimum Gasteiger partial charge on any atom is -0.451 e. The molecule has 1 fully saturated rings. The number of carbonyl (C=O) groups is 3. The summed E-state index contributed by atoms with van der Waals surface area (Å²) in [6, 6.07) is 10.9. The van der Waals surface area contributed by atoms with Gasteiger partial charge in [-0.2, -0.15) is 0 Å². The van der Waals surface area contributed by atoms with E-state index in [0.717, 1.165) is 16.0 Å². The highest BCUT2D eigenvalue weighted by molar-refractivity contribution is 7.12. The van der Waals surface area contributed by atoms with Gasteiger partial charge in [0.05, 0.1) is 0 Å². The molecule has 1 aromatic carbocycles. The fraction of sp³-hybridized carbons (Fsp3) is 0.188. The van der Waals surface area contributed by atoms with Gasteiger partial charge in [0.2, 0.25) is 0 Å². The van der Waals surface area contributed by atoms with Crippen LogP contribution in [-0.2, 0) is 9.53 Å². The van der Waals surface area contributed by atoms with Gasteiger partial charge in [-0.3, -0.25) is 9.69 Å². The SMILES string of the molecule is O=C(OCC(=O)N1CCNC1=O)c1cc(-c2ccccc2)cs1. The summed E-state index contributed by atoms with van der Waals surface area (Å²) in [5, 5.41) is 4.38. The van der Waals surface area contributed by atoms with Crippen molar-refractivity contribution in [3.63, 3.8) is 0 Å². The van der Waals surface area contributed by atoms with Crippen LogP contribution in [-0.4, -0.2) is 42.5 Å². The number of carbonyl (C=O) groups excluding carboxylic acids is 3. The van der Waals surface area contributed by atoms with Crippen LogP contribution in [0.5, 0.6) is 0 Å². The zero-order valence-corrected chi connectivity index (χ0v) is 13.0. The molecule has 0 unspecified atom stereocenters. The van der Waals surface area contributed by atoms with Crippen LogP contribution < -0.4 is 5.32 Å². The first-order valence-corrected chi connectivity index (χ1v) is 7.92. The van der Waals surface area contributed by atoms with E-state index < -0.39 is 24.5 Å². The molecule has 7 heteroatoms. The Labute approximate surface area is 136 Å². The number of benzene rings is 1. The van der Waals surface area contributed by atoms with Crippen molar-refractivity contribution in [2.75, 3.05) is 19.7 Å². The molecule has 23 heavy (non-hydrogen) atoms. The van der Waals surface area contributed by atoms with E-state index >= 15 is 0 Å². The second kappa shape index (κ2) is 6.62. The maximum absolute atomic E-state index is 12.0. The molecule has 0 radical (unpaired) electrons. The number of nitrogens with one attached hydrogen (secondary N) is 1. The molecule has 0 saturated carbocycles. The second-order valence-corrected chi connectivity index (χ2v) is 5.83. The van der Waals surface area contributed by atoms with E-state index in [9.17, 15) is 14.4 Å². The molecule has 1 aromatic heterocycles. The van der Waals surface area contributed by atoms with Crippen molar-refractivity contribution in [1.29, 1.82) is 0 Å². The summed E-state index contributed by atoms with van der Waals surface area (Å²) in [4.78, 5) is 36.6. The summed E-state index contributed by atoms with van der Waals surface area (Å²) in [5.74, 6) is -1.08. The van der Waals surface area contributed by atoms with Crippen molar-refractivity contribution >= 4 is 29.2 Å². The molecule has 0 atom stereocenters. The standard InChI is InChI=1S/C16H14N2O4S/c19-14(18-7-6-17-16(18)21)9-22-15(20)13-8-12(10-23-13)11-4-2-1-3-5-11/h1-5,8,10H,6-7,9H2,(H,17,21). The molecular formula is C16H14N2O4S. The van der Waals surface area contributed by atoms with Crippen molar-refractivity contribution in [1.82, 2.24) is 10.2 Å². The monoisotopic (exact) mass is 330 g/mol. The topological polar surface area (TPSA) is 75.7 Å². The average molecular weight is 330 g/mol. The Bertz CT molecular complexity index is 742. The number of amides is 3. The number of thiophene rings is 1. The van der Waals surface area contributed by atoms with Gasteiger partial charge in [-0.15, -0.1) is 11.3 Å². The average Bonchev–Trinajstić information content (AvgIpc) is 3.22. The Morgan fingerprint density at radius 2 is 2.00 bits per heavy atom. The van der Waals surface area contributed by atoms with Gasteiger partial charge in [0.15, 0.2) is 6.61 Å². The van der Waals surface area contributed by atoms with Crippen molar-refractivity contribution in [3.05, 3.63) is 46.7 Å². The van der Waals surface area contributed by atoms with Crippen molar-refractivity contribution < 1.29 is 19.1 Å². The lowest BCUT2D eigenvalue weighted by Gasteiger charge is -2.11. The van der Waals surface area contributed by atoms with Crippen LogP contribution in [0.2, 0.25) is 0 Å². The number of rotatable bonds is 4. The first-order chi connectivity index (χ1) is 11.1. The number of ether oxygens (including phenoxy) is 1. The van der Waals surface area contributed by atoms with Crippen LogP contribution in [0.1, 0.15) is 9.67 Å². The van der Waals surface area contributed by atoms with Gasteiger partial charge in [0.1, 0.15) is 4.88 Å². The molecule has 1 saturated heterocycles. The Morgan fingerprint density at radius 3 is 2.70 bits per heavy atom. The number of hydrogen-bond acceptors (Lipinski definition) is 5. The maximum atomic E-state index is 12.0. The first kappa shape index (κ1) is 15.2. The zero-order chi connectivity index (χ0) is 16.2. The van der Waals surface area contributed by atoms with Crippen LogP contribution in [0.25, 0.3) is 11.1 Å². The highest BCUT2D eigenvalue weighted by atomic mass is 32.1. The molecule has 3 rings (SSSR count). The van der Waals surface area contributed by atoms with Gasteiger partial charge in [-0.05, 0) is 22.6 Å². The van der Waals surface area contributed by atoms with E-state index in [4.69, 9.17) is 4.74 Å². The quantitative estimate of drug-likeness (QED) is 0.871. The van der Waals surface area contributed by atoms with Gasteiger partial charge in [0, 0.05) is 13.1 Å². The predicted molar refractivity (Wildman–Crippen MR) is 85.1 cm³/mol. The second-order valence-electron chi connectivity index (χ2n) is 4.92. The summed E-state index contributed by atoms with van der Waals surface area (Å²) in [6.45, 7) is 0.279. The Kier molecular flexibility index (Phi) is 4.38.